The maximum Gasteiger partial charge on any atom is 0.327 e. The quantitative estimate of drug-likeness (QED) is 0.0988. The first-order valence-electron chi connectivity index (χ1n) is 29.9. The molecule has 13 N–H and O–H groups in total. The van der Waals surface area contributed by atoms with E-state index in [0.29, 0.717) is 44.1 Å². The standard InChI is InChI=1S/C56H83N13O15S4/c1-4-7-17-34-54(81)69-23-13-20-43(69)55(82)68-22-12-19-42(68)51(78)65-39-29-86-85-27-37(58-44(71)25-57)48(75)64-38(50(77)63-36(26-70)47(74)61-34)28-87-88-30-40(56(83)84)66-52(79)41-18-11-21-67(41)53(80)33(14-5-2)60-45(72)32(6-3)59-46(73)35(62-49(39)76)24-31-15-9-8-10-16-31/h8-10,15-16,32-43,70H,4-7,11-14,17-30,57H2,1-3H3,(H,58,71)(H,59,73)(H,60,72)(H,61,74)(H,62,76)(H,63,77)(H,64,75)(H,65,78)(H,66,79)(H,83,84)/t32-,33-,34-,35-,36-,37-,38-,39-,40-,41-,42-,43-/m0/s1. The van der Waals surface area contributed by atoms with Crippen molar-refractivity contribution in [3.05, 3.63) is 35.9 Å². The normalized spacial score (nSPS) is 29.4. The van der Waals surface area contributed by atoms with Gasteiger partial charge in [-0.1, -0.05) is 114 Å². The minimum Gasteiger partial charge on any atom is -0.480 e. The van der Waals surface area contributed by atoms with Crippen molar-refractivity contribution >= 4 is 120 Å². The molecule has 0 aromatic heterocycles. The summed E-state index contributed by atoms with van der Waals surface area (Å²) in [7, 11) is 3.72. The van der Waals surface area contributed by atoms with E-state index >= 15 is 0 Å². The van der Waals surface area contributed by atoms with Crippen LogP contribution in [-0.2, 0) is 68.7 Å². The number of carbonyl (C=O) groups excluding carboxylic acids is 12. The van der Waals surface area contributed by atoms with Crippen LogP contribution in [-0.4, -0.2) is 230 Å². The fourth-order valence-corrected chi connectivity index (χ4v) is 15.6. The summed E-state index contributed by atoms with van der Waals surface area (Å²) in [6, 6.07) is -7.55. The number of hydrogen-bond acceptors (Lipinski definition) is 19. The number of carbonyl (C=O) groups is 13. The Balaban J connectivity index is 1.44. The van der Waals surface area contributed by atoms with Crippen molar-refractivity contribution in [1.82, 2.24) is 62.6 Å². The van der Waals surface area contributed by atoms with Crippen molar-refractivity contribution in [1.29, 1.82) is 0 Å². The number of amides is 12. The van der Waals surface area contributed by atoms with Gasteiger partial charge in [-0.2, -0.15) is 0 Å². The third-order valence-electron chi connectivity index (χ3n) is 15.7. The Morgan fingerprint density at radius 1 is 0.534 bits per heavy atom. The number of rotatable bonds is 12. The van der Waals surface area contributed by atoms with Crippen LogP contribution in [0.3, 0.4) is 0 Å². The fraction of sp³-hybridized carbons (Fsp3) is 0.661. The van der Waals surface area contributed by atoms with Crippen LogP contribution in [0.1, 0.15) is 103 Å². The van der Waals surface area contributed by atoms with Crippen LogP contribution in [0, 0.1) is 0 Å². The number of nitrogens with two attached hydrogens (primary N) is 1. The Bertz CT molecular complexity index is 2690. The van der Waals surface area contributed by atoms with Gasteiger partial charge in [0.25, 0.3) is 0 Å². The maximum atomic E-state index is 14.9. The molecule has 5 saturated heterocycles. The topological polar surface area (TPSA) is 406 Å². The van der Waals surface area contributed by atoms with E-state index < -0.39 is 163 Å². The molecule has 0 aliphatic carbocycles. The second-order valence-corrected chi connectivity index (χ2v) is 27.2. The van der Waals surface area contributed by atoms with Gasteiger partial charge >= 0.3 is 5.97 Å². The molecule has 5 fully saturated rings. The van der Waals surface area contributed by atoms with Crippen molar-refractivity contribution in [3.63, 3.8) is 0 Å². The monoisotopic (exact) mass is 1310 g/mol. The van der Waals surface area contributed by atoms with Gasteiger partial charge in [0.05, 0.1) is 13.2 Å². The van der Waals surface area contributed by atoms with Crippen LogP contribution in [0.5, 0.6) is 0 Å². The minimum absolute atomic E-state index is 0.0208. The lowest BCUT2D eigenvalue weighted by molar-refractivity contribution is -0.148. The summed E-state index contributed by atoms with van der Waals surface area (Å²) in [4.78, 5) is 189. The smallest absolute Gasteiger partial charge is 0.327 e. The summed E-state index contributed by atoms with van der Waals surface area (Å²) in [5.41, 5.74) is 6.27. The maximum absolute atomic E-state index is 14.9. The lowest BCUT2D eigenvalue weighted by atomic mass is 10.0. The highest BCUT2D eigenvalue weighted by atomic mass is 33.1. The third kappa shape index (κ3) is 19.6. The highest BCUT2D eigenvalue weighted by molar-refractivity contribution is 8.77. The lowest BCUT2D eigenvalue weighted by Crippen LogP contribution is -2.61. The molecule has 28 nitrogen and oxygen atoms in total. The van der Waals surface area contributed by atoms with Crippen LogP contribution in [0.4, 0.5) is 0 Å². The minimum atomic E-state index is -1.71. The molecule has 5 aliphatic heterocycles. The SMILES string of the molecule is CCCC[C@@H]1NC(=O)[C@H](CO)NC(=O)[C@@H]2CSSC[C@@H](C(=O)O)NC(=O)[C@@H]3CCCN3C(=O)[C@H](CCC)NC(=O)[C@H](CC)NC(=O)[C@H](Cc3ccccc3)NC(=O)[C@H](CSSC[C@H](NC(=O)CN)C(=O)N2)NC(=O)[C@@H]2CCCN2C(=O)[C@@H]2CCCN2C1=O. The molecule has 2 bridgehead atoms. The van der Waals surface area contributed by atoms with E-state index in [1.54, 1.807) is 44.2 Å². The molecule has 5 heterocycles. The number of fused-ring (bicyclic) bond motifs is 11. The van der Waals surface area contributed by atoms with E-state index in [2.05, 4.69) is 47.9 Å². The number of nitrogens with one attached hydrogen (secondary N) is 9. The van der Waals surface area contributed by atoms with Gasteiger partial charge in [-0.25, -0.2) is 4.79 Å². The first-order valence-corrected chi connectivity index (χ1v) is 34.9. The van der Waals surface area contributed by atoms with E-state index in [1.165, 1.54) is 14.7 Å². The average molecular weight is 1310 g/mol. The summed E-state index contributed by atoms with van der Waals surface area (Å²) in [5.74, 6) is -12.1. The lowest BCUT2D eigenvalue weighted by Gasteiger charge is -2.33. The van der Waals surface area contributed by atoms with Gasteiger partial charge in [0.1, 0.15) is 72.5 Å². The molecule has 0 spiro atoms. The van der Waals surface area contributed by atoms with Crippen LogP contribution < -0.4 is 53.6 Å². The second kappa shape index (κ2) is 35.1. The van der Waals surface area contributed by atoms with E-state index in [1.807, 2.05) is 6.92 Å². The van der Waals surface area contributed by atoms with Gasteiger partial charge in [0.2, 0.25) is 70.9 Å². The van der Waals surface area contributed by atoms with Gasteiger partial charge in [-0.15, -0.1) is 0 Å². The Morgan fingerprint density at radius 3 is 1.57 bits per heavy atom. The Morgan fingerprint density at radius 2 is 1.01 bits per heavy atom. The van der Waals surface area contributed by atoms with E-state index in [0.717, 1.165) is 43.2 Å². The zero-order chi connectivity index (χ0) is 64.0. The zero-order valence-electron chi connectivity index (χ0n) is 49.6. The van der Waals surface area contributed by atoms with E-state index in [4.69, 9.17) is 5.73 Å². The Kier molecular flexibility index (Phi) is 28.3. The van der Waals surface area contributed by atoms with Crippen LogP contribution >= 0.6 is 43.2 Å². The number of unbranched alkanes of at least 4 members (excludes halogenated alkanes) is 1. The van der Waals surface area contributed by atoms with Crippen molar-refractivity contribution in [3.8, 4) is 0 Å². The molecule has 0 unspecified atom stereocenters. The van der Waals surface area contributed by atoms with Gasteiger partial charge in [-0.05, 0) is 63.4 Å². The van der Waals surface area contributed by atoms with E-state index in [9.17, 15) is 72.5 Å². The molecule has 32 heteroatoms. The van der Waals surface area contributed by atoms with E-state index in [-0.39, 0.29) is 87.6 Å². The van der Waals surface area contributed by atoms with Gasteiger partial charge in [0, 0.05) is 49.1 Å². The van der Waals surface area contributed by atoms with Crippen LogP contribution in [0.2, 0.25) is 0 Å². The van der Waals surface area contributed by atoms with Crippen molar-refractivity contribution in [2.45, 2.75) is 177 Å². The average Bonchev–Trinajstić information content (AvgIpc) is 2.65. The molecule has 0 radical (unpaired) electrons. The number of aliphatic hydroxyl groups excluding tert-OH is 1. The van der Waals surface area contributed by atoms with Crippen LogP contribution in [0.15, 0.2) is 30.3 Å². The number of aliphatic hydroxyl groups is 1. The zero-order valence-corrected chi connectivity index (χ0v) is 52.9. The third-order valence-corrected chi connectivity index (χ3v) is 20.6. The van der Waals surface area contributed by atoms with Gasteiger partial charge in [-0.3, -0.25) is 57.5 Å². The predicted molar refractivity (Wildman–Crippen MR) is 330 cm³/mol. The summed E-state index contributed by atoms with van der Waals surface area (Å²) in [5, 5.41) is 44.7. The Hall–Kier alpha value is -6.35. The van der Waals surface area contributed by atoms with Crippen molar-refractivity contribution in [2.75, 3.05) is 55.8 Å². The molecule has 5 aliphatic rings. The molecule has 12 amide bonds. The second-order valence-electron chi connectivity index (χ2n) is 22.1. The molecule has 12 atom stereocenters. The first kappa shape index (κ1) is 70.7. The van der Waals surface area contributed by atoms with Crippen molar-refractivity contribution in [2.24, 2.45) is 5.73 Å². The number of hydrogen-bond donors (Lipinski definition) is 12. The summed E-state index contributed by atoms with van der Waals surface area (Å²) >= 11 is 0. The molecule has 1 aromatic carbocycles. The van der Waals surface area contributed by atoms with Crippen LogP contribution in [0.25, 0.3) is 0 Å². The Labute approximate surface area is 526 Å². The highest BCUT2D eigenvalue weighted by Crippen LogP contribution is 2.29. The van der Waals surface area contributed by atoms with Crippen molar-refractivity contribution < 1.29 is 72.5 Å². The van der Waals surface area contributed by atoms with Gasteiger partial charge < -0.3 is 78.5 Å². The molecule has 1 aromatic rings. The predicted octanol–water partition coefficient (Wildman–Crippen LogP) is -2.21. The molecule has 88 heavy (non-hydrogen) atoms. The van der Waals surface area contributed by atoms with Gasteiger partial charge in [0.15, 0.2) is 0 Å². The number of nitrogens with zero attached hydrogens (tertiary/aromatic N) is 3. The molecular weight excluding hydrogens is 1220 g/mol. The number of carboxylic acids is 1. The highest BCUT2D eigenvalue weighted by Gasteiger charge is 2.46. The number of carboxylic acid groups (broad SMARTS) is 1. The molecule has 0 saturated carbocycles. The molecule has 6 rings (SSSR count). The molecule has 486 valence electrons. The molecular formula is C56H83N13O15S4. The number of benzene rings is 1. The first-order chi connectivity index (χ1) is 42.2. The number of aliphatic carboxylic acids is 1. The fourth-order valence-electron chi connectivity index (χ4n) is 10.9. The largest absolute Gasteiger partial charge is 0.480 e. The summed E-state index contributed by atoms with van der Waals surface area (Å²) in [6.07, 6.45) is 3.26. The summed E-state index contributed by atoms with van der Waals surface area (Å²) < 4.78 is 0. The summed E-state index contributed by atoms with van der Waals surface area (Å²) in [6.45, 7) is 4.07.